The lowest BCUT2D eigenvalue weighted by Gasteiger charge is -2.31. The van der Waals surface area contributed by atoms with Gasteiger partial charge >= 0.3 is 5.97 Å². The molecule has 0 bridgehead atoms. The Balaban J connectivity index is 1.67. The van der Waals surface area contributed by atoms with E-state index in [4.69, 9.17) is 4.74 Å². The predicted molar refractivity (Wildman–Crippen MR) is 92.4 cm³/mol. The molecule has 2 N–H and O–H groups in total. The Morgan fingerprint density at radius 3 is 2.61 bits per heavy atom. The SMILES string of the molecule is CCOC(=O)C1CCCNC1c1ccc(NC2CCCC2)cc1. The van der Waals surface area contributed by atoms with Gasteiger partial charge in [0.1, 0.15) is 0 Å². The minimum absolute atomic E-state index is 0.0714. The van der Waals surface area contributed by atoms with Gasteiger partial charge in [-0.1, -0.05) is 25.0 Å². The first kappa shape index (κ1) is 16.3. The molecule has 1 saturated heterocycles. The van der Waals surface area contributed by atoms with Crippen LogP contribution in [0.2, 0.25) is 0 Å². The van der Waals surface area contributed by atoms with E-state index in [1.165, 1.54) is 36.9 Å². The second kappa shape index (κ2) is 7.82. The number of anilines is 1. The maximum absolute atomic E-state index is 12.2. The van der Waals surface area contributed by atoms with Crippen molar-refractivity contribution in [2.24, 2.45) is 5.92 Å². The van der Waals surface area contributed by atoms with E-state index >= 15 is 0 Å². The van der Waals surface area contributed by atoms with Crippen LogP contribution in [0.15, 0.2) is 24.3 Å². The second-order valence-corrected chi connectivity index (χ2v) is 6.68. The number of nitrogens with one attached hydrogen (secondary N) is 2. The second-order valence-electron chi connectivity index (χ2n) is 6.68. The third kappa shape index (κ3) is 4.05. The van der Waals surface area contributed by atoms with E-state index in [0.29, 0.717) is 12.6 Å². The lowest BCUT2D eigenvalue weighted by atomic mass is 9.86. The first-order valence-electron chi connectivity index (χ1n) is 9.04. The minimum atomic E-state index is -0.0719. The average Bonchev–Trinajstić information content (AvgIpc) is 3.09. The summed E-state index contributed by atoms with van der Waals surface area (Å²) < 4.78 is 5.25. The molecule has 23 heavy (non-hydrogen) atoms. The predicted octanol–water partition coefficient (Wildman–Crippen LogP) is 3.64. The Bertz CT molecular complexity index is 509. The van der Waals surface area contributed by atoms with Gasteiger partial charge in [0, 0.05) is 17.8 Å². The highest BCUT2D eigenvalue weighted by Gasteiger charge is 2.32. The molecule has 0 spiro atoms. The molecule has 2 unspecified atom stereocenters. The van der Waals surface area contributed by atoms with Crippen molar-refractivity contribution < 1.29 is 9.53 Å². The first-order chi connectivity index (χ1) is 11.3. The fourth-order valence-electron chi connectivity index (χ4n) is 3.83. The number of ether oxygens (including phenoxy) is 1. The number of hydrogen-bond donors (Lipinski definition) is 2. The smallest absolute Gasteiger partial charge is 0.310 e. The van der Waals surface area contributed by atoms with Gasteiger partial charge in [0.25, 0.3) is 0 Å². The van der Waals surface area contributed by atoms with Crippen LogP contribution in [0.25, 0.3) is 0 Å². The lowest BCUT2D eigenvalue weighted by molar-refractivity contribution is -0.150. The van der Waals surface area contributed by atoms with Crippen LogP contribution in [0.3, 0.4) is 0 Å². The van der Waals surface area contributed by atoms with Crippen molar-refractivity contribution in [3.8, 4) is 0 Å². The van der Waals surface area contributed by atoms with Crippen molar-refractivity contribution in [3.05, 3.63) is 29.8 Å². The number of hydrogen-bond acceptors (Lipinski definition) is 4. The Kier molecular flexibility index (Phi) is 5.55. The maximum Gasteiger partial charge on any atom is 0.310 e. The van der Waals surface area contributed by atoms with E-state index in [-0.39, 0.29) is 17.9 Å². The van der Waals surface area contributed by atoms with Gasteiger partial charge in [-0.25, -0.2) is 0 Å². The van der Waals surface area contributed by atoms with Gasteiger partial charge in [-0.2, -0.15) is 0 Å². The molecule has 1 aromatic carbocycles. The van der Waals surface area contributed by atoms with Crippen molar-refractivity contribution in [2.45, 2.75) is 57.5 Å². The summed E-state index contributed by atoms with van der Waals surface area (Å²) in [5.41, 5.74) is 2.36. The van der Waals surface area contributed by atoms with Crippen LogP contribution in [-0.2, 0) is 9.53 Å². The molecule has 0 amide bonds. The number of benzene rings is 1. The Labute approximate surface area is 139 Å². The van der Waals surface area contributed by atoms with Crippen molar-refractivity contribution >= 4 is 11.7 Å². The molecule has 0 radical (unpaired) electrons. The summed E-state index contributed by atoms with van der Waals surface area (Å²) in [4.78, 5) is 12.2. The fraction of sp³-hybridized carbons (Fsp3) is 0.632. The summed E-state index contributed by atoms with van der Waals surface area (Å²) in [5.74, 6) is -0.143. The molecule has 1 heterocycles. The van der Waals surface area contributed by atoms with Crippen LogP contribution in [0.5, 0.6) is 0 Å². The van der Waals surface area contributed by atoms with Crippen LogP contribution in [0.1, 0.15) is 57.1 Å². The molecule has 4 heteroatoms. The Morgan fingerprint density at radius 1 is 1.17 bits per heavy atom. The number of carbonyl (C=O) groups is 1. The van der Waals surface area contributed by atoms with Gasteiger partial charge in [-0.15, -0.1) is 0 Å². The normalized spacial score (nSPS) is 25.3. The van der Waals surface area contributed by atoms with Gasteiger partial charge in [0.15, 0.2) is 0 Å². The van der Waals surface area contributed by atoms with Crippen LogP contribution in [0.4, 0.5) is 5.69 Å². The zero-order valence-electron chi connectivity index (χ0n) is 14.0. The molecule has 1 aliphatic carbocycles. The average molecular weight is 316 g/mol. The van der Waals surface area contributed by atoms with Crippen LogP contribution >= 0.6 is 0 Å². The van der Waals surface area contributed by atoms with Crippen LogP contribution in [0, 0.1) is 5.92 Å². The van der Waals surface area contributed by atoms with Crippen LogP contribution in [-0.4, -0.2) is 25.2 Å². The van der Waals surface area contributed by atoms with E-state index in [2.05, 4.69) is 34.9 Å². The quantitative estimate of drug-likeness (QED) is 0.814. The monoisotopic (exact) mass is 316 g/mol. The summed E-state index contributed by atoms with van der Waals surface area (Å²) in [7, 11) is 0. The summed E-state index contributed by atoms with van der Waals surface area (Å²) in [6, 6.07) is 9.28. The highest BCUT2D eigenvalue weighted by molar-refractivity contribution is 5.74. The lowest BCUT2D eigenvalue weighted by Crippen LogP contribution is -2.39. The zero-order valence-corrected chi connectivity index (χ0v) is 14.0. The van der Waals surface area contributed by atoms with Crippen molar-refractivity contribution in [3.63, 3.8) is 0 Å². The first-order valence-corrected chi connectivity index (χ1v) is 9.04. The number of piperidine rings is 1. The third-order valence-corrected chi connectivity index (χ3v) is 5.04. The molecule has 1 aliphatic heterocycles. The molecular weight excluding hydrogens is 288 g/mol. The van der Waals surface area contributed by atoms with E-state index in [1.807, 2.05) is 6.92 Å². The molecule has 2 aliphatic rings. The van der Waals surface area contributed by atoms with E-state index in [9.17, 15) is 4.79 Å². The zero-order chi connectivity index (χ0) is 16.1. The van der Waals surface area contributed by atoms with Crippen molar-refractivity contribution in [1.82, 2.24) is 5.32 Å². The summed E-state index contributed by atoms with van der Waals surface area (Å²) in [6.45, 7) is 3.28. The van der Waals surface area contributed by atoms with Gasteiger partial charge in [0.05, 0.1) is 12.5 Å². The number of rotatable bonds is 5. The molecule has 2 fully saturated rings. The Hall–Kier alpha value is -1.55. The van der Waals surface area contributed by atoms with Gasteiger partial charge in [0.2, 0.25) is 0 Å². The van der Waals surface area contributed by atoms with Crippen LogP contribution < -0.4 is 10.6 Å². The molecule has 4 nitrogen and oxygen atoms in total. The van der Waals surface area contributed by atoms with Gasteiger partial charge in [-0.3, -0.25) is 4.79 Å². The molecule has 1 aromatic rings. The molecule has 3 rings (SSSR count). The molecule has 2 atom stereocenters. The topological polar surface area (TPSA) is 50.4 Å². The number of carbonyl (C=O) groups excluding carboxylic acids is 1. The summed E-state index contributed by atoms with van der Waals surface area (Å²) in [5, 5.41) is 7.11. The molecular formula is C19H28N2O2. The number of esters is 1. The maximum atomic E-state index is 12.2. The molecule has 0 aromatic heterocycles. The fourth-order valence-corrected chi connectivity index (χ4v) is 3.83. The highest BCUT2D eigenvalue weighted by atomic mass is 16.5. The largest absolute Gasteiger partial charge is 0.466 e. The Morgan fingerprint density at radius 2 is 1.91 bits per heavy atom. The molecule has 1 saturated carbocycles. The summed E-state index contributed by atoms with van der Waals surface area (Å²) >= 11 is 0. The van der Waals surface area contributed by atoms with Gasteiger partial charge in [-0.05, 0) is 56.8 Å². The van der Waals surface area contributed by atoms with E-state index < -0.39 is 0 Å². The van der Waals surface area contributed by atoms with Crippen molar-refractivity contribution in [1.29, 1.82) is 0 Å². The third-order valence-electron chi connectivity index (χ3n) is 5.04. The molecule has 126 valence electrons. The standard InChI is InChI=1S/C19H28N2O2/c1-2-23-19(22)17-8-5-13-20-18(17)14-9-11-16(12-10-14)21-15-6-3-4-7-15/h9-12,15,17-18,20-21H,2-8,13H2,1H3. The highest BCUT2D eigenvalue weighted by Crippen LogP contribution is 2.31. The summed E-state index contributed by atoms with van der Waals surface area (Å²) in [6.07, 6.45) is 7.15. The van der Waals surface area contributed by atoms with E-state index in [0.717, 1.165) is 19.4 Å². The van der Waals surface area contributed by atoms with Gasteiger partial charge < -0.3 is 15.4 Å². The minimum Gasteiger partial charge on any atom is -0.466 e. The van der Waals surface area contributed by atoms with Crippen molar-refractivity contribution in [2.75, 3.05) is 18.5 Å². The van der Waals surface area contributed by atoms with E-state index in [1.54, 1.807) is 0 Å².